The average Bonchev–Trinajstić information content (AvgIpc) is 2.99. The van der Waals surface area contributed by atoms with Crippen LogP contribution in [0.4, 0.5) is 0 Å². The van der Waals surface area contributed by atoms with Gasteiger partial charge in [0.2, 0.25) is 10.0 Å². The Labute approximate surface area is 140 Å². The maximum atomic E-state index is 13.2. The Morgan fingerprint density at radius 1 is 1.26 bits per heavy atom. The van der Waals surface area contributed by atoms with Crippen molar-refractivity contribution in [1.29, 1.82) is 0 Å². The van der Waals surface area contributed by atoms with Crippen LogP contribution in [0.2, 0.25) is 5.02 Å². The predicted octanol–water partition coefficient (Wildman–Crippen LogP) is 2.26. The van der Waals surface area contributed by atoms with Crippen molar-refractivity contribution in [3.63, 3.8) is 0 Å². The zero-order chi connectivity index (χ0) is 16.0. The molecular weight excluding hydrogens is 334 g/mol. The highest BCUT2D eigenvalue weighted by atomic mass is 35.5. The minimum atomic E-state index is -3.56. The topological polar surface area (TPSA) is 62.3 Å². The van der Waals surface area contributed by atoms with Gasteiger partial charge in [0.25, 0.3) is 0 Å². The molecule has 122 valence electrons. The molecule has 2 aliphatic rings. The number of pyridine rings is 1. The molecule has 1 N–H and O–H groups in total. The molecule has 3 heterocycles. The summed E-state index contributed by atoms with van der Waals surface area (Å²) < 4.78 is 27.9. The van der Waals surface area contributed by atoms with E-state index in [1.165, 1.54) is 6.20 Å². The van der Waals surface area contributed by atoms with Crippen molar-refractivity contribution in [1.82, 2.24) is 14.6 Å². The fourth-order valence-corrected chi connectivity index (χ4v) is 5.80. The lowest BCUT2D eigenvalue weighted by molar-refractivity contribution is 0.339. The van der Waals surface area contributed by atoms with Crippen molar-refractivity contribution < 1.29 is 8.42 Å². The van der Waals surface area contributed by atoms with Crippen LogP contribution in [0.3, 0.4) is 0 Å². The van der Waals surface area contributed by atoms with Crippen LogP contribution in [-0.4, -0.2) is 43.4 Å². The van der Waals surface area contributed by atoms with Gasteiger partial charge in [-0.1, -0.05) is 23.7 Å². The zero-order valence-corrected chi connectivity index (χ0v) is 14.1. The van der Waals surface area contributed by atoms with Crippen molar-refractivity contribution in [2.45, 2.75) is 23.8 Å². The number of sulfonamides is 1. The van der Waals surface area contributed by atoms with Gasteiger partial charge in [0, 0.05) is 42.3 Å². The number of benzene rings is 1. The van der Waals surface area contributed by atoms with Crippen LogP contribution in [0.1, 0.15) is 12.8 Å². The first kappa shape index (κ1) is 15.3. The van der Waals surface area contributed by atoms with Crippen LogP contribution < -0.4 is 5.32 Å². The highest BCUT2D eigenvalue weighted by molar-refractivity contribution is 7.89. The van der Waals surface area contributed by atoms with Crippen molar-refractivity contribution >= 4 is 32.4 Å². The lowest BCUT2D eigenvalue weighted by Crippen LogP contribution is -2.41. The average molecular weight is 352 g/mol. The number of hydrogen-bond donors (Lipinski definition) is 1. The molecule has 0 amide bonds. The number of halogens is 1. The molecule has 1 aromatic heterocycles. The Morgan fingerprint density at radius 3 is 2.96 bits per heavy atom. The molecule has 23 heavy (non-hydrogen) atoms. The van der Waals surface area contributed by atoms with Gasteiger partial charge in [-0.15, -0.1) is 0 Å². The third-order valence-corrected chi connectivity index (χ3v) is 7.04. The highest BCUT2D eigenvalue weighted by Gasteiger charge is 2.40. The van der Waals surface area contributed by atoms with Gasteiger partial charge in [-0.25, -0.2) is 8.42 Å². The maximum Gasteiger partial charge on any atom is 0.243 e. The molecule has 2 aliphatic heterocycles. The summed E-state index contributed by atoms with van der Waals surface area (Å²) in [5.41, 5.74) is 0. The monoisotopic (exact) mass is 351 g/mol. The summed E-state index contributed by atoms with van der Waals surface area (Å²) in [5, 5.41) is 5.12. The number of rotatable bonds is 2. The quantitative estimate of drug-likeness (QED) is 0.901. The molecular formula is C16H18ClN3O2S. The van der Waals surface area contributed by atoms with Crippen LogP contribution in [-0.2, 0) is 10.0 Å². The van der Waals surface area contributed by atoms with Gasteiger partial charge in [0.05, 0.1) is 9.92 Å². The Bertz CT molecular complexity index is 836. The number of nitrogens with zero attached hydrogens (tertiary/aromatic N) is 2. The third kappa shape index (κ3) is 2.54. The molecule has 2 fully saturated rings. The number of hydrogen-bond acceptors (Lipinski definition) is 4. The molecule has 0 unspecified atom stereocenters. The summed E-state index contributed by atoms with van der Waals surface area (Å²) in [7, 11) is -3.56. The van der Waals surface area contributed by atoms with E-state index >= 15 is 0 Å². The fourth-order valence-electron chi connectivity index (χ4n) is 3.72. The van der Waals surface area contributed by atoms with Gasteiger partial charge in [-0.3, -0.25) is 4.98 Å². The zero-order valence-electron chi connectivity index (χ0n) is 12.6. The normalized spacial score (nSPS) is 25.6. The van der Waals surface area contributed by atoms with Crippen molar-refractivity contribution in [3.8, 4) is 0 Å². The molecule has 7 heteroatoms. The van der Waals surface area contributed by atoms with Gasteiger partial charge >= 0.3 is 0 Å². The van der Waals surface area contributed by atoms with E-state index in [2.05, 4.69) is 10.3 Å². The second-order valence-corrected chi connectivity index (χ2v) is 8.57. The van der Waals surface area contributed by atoms with Crippen LogP contribution in [0.15, 0.2) is 35.5 Å². The number of fused-ring (bicyclic) bond motifs is 2. The van der Waals surface area contributed by atoms with E-state index in [0.29, 0.717) is 29.4 Å². The minimum Gasteiger partial charge on any atom is -0.312 e. The molecule has 5 nitrogen and oxygen atoms in total. The van der Waals surface area contributed by atoms with Crippen LogP contribution in [0, 0.1) is 5.92 Å². The molecule has 2 atom stereocenters. The Morgan fingerprint density at radius 2 is 2.13 bits per heavy atom. The predicted molar refractivity (Wildman–Crippen MR) is 90.0 cm³/mol. The van der Waals surface area contributed by atoms with Crippen molar-refractivity contribution in [2.24, 2.45) is 5.92 Å². The first-order valence-electron chi connectivity index (χ1n) is 7.83. The summed E-state index contributed by atoms with van der Waals surface area (Å²) in [6, 6.07) is 5.48. The molecule has 0 saturated carbocycles. The van der Waals surface area contributed by atoms with Crippen molar-refractivity contribution in [3.05, 3.63) is 35.6 Å². The molecule has 0 radical (unpaired) electrons. The lowest BCUT2D eigenvalue weighted by atomic mass is 9.94. The number of piperidine rings is 1. The third-order valence-electron chi connectivity index (χ3n) is 4.88. The van der Waals surface area contributed by atoms with E-state index in [4.69, 9.17) is 11.6 Å². The van der Waals surface area contributed by atoms with Crippen LogP contribution in [0.5, 0.6) is 0 Å². The maximum absolute atomic E-state index is 13.2. The van der Waals surface area contributed by atoms with Gasteiger partial charge in [0.1, 0.15) is 0 Å². The first-order valence-corrected chi connectivity index (χ1v) is 9.65. The lowest BCUT2D eigenvalue weighted by Gasteiger charge is -2.24. The summed E-state index contributed by atoms with van der Waals surface area (Å²) in [6.07, 6.45) is 5.34. The van der Waals surface area contributed by atoms with E-state index in [0.717, 1.165) is 24.8 Å². The summed E-state index contributed by atoms with van der Waals surface area (Å²) in [4.78, 5) is 4.32. The Hall–Kier alpha value is -1.21. The SMILES string of the molecule is O=S(=O)(c1cccc2cncc(Cl)c12)N1C[C@H]2CCCN[C@H]2C1. The Balaban J connectivity index is 1.78. The van der Waals surface area contributed by atoms with Gasteiger partial charge in [-0.05, 0) is 31.4 Å². The van der Waals surface area contributed by atoms with E-state index in [1.807, 2.05) is 6.07 Å². The van der Waals surface area contributed by atoms with E-state index in [9.17, 15) is 8.42 Å². The molecule has 2 saturated heterocycles. The highest BCUT2D eigenvalue weighted by Crippen LogP contribution is 2.34. The van der Waals surface area contributed by atoms with E-state index in [1.54, 1.807) is 22.6 Å². The number of nitrogens with one attached hydrogen (secondary N) is 1. The first-order chi connectivity index (χ1) is 11.1. The molecule has 4 rings (SSSR count). The second kappa shape index (κ2) is 5.70. The molecule has 0 aliphatic carbocycles. The molecule has 0 bridgehead atoms. The van der Waals surface area contributed by atoms with Crippen LogP contribution >= 0.6 is 11.6 Å². The fraction of sp³-hybridized carbons (Fsp3) is 0.438. The molecule has 2 aromatic rings. The number of aromatic nitrogens is 1. The largest absolute Gasteiger partial charge is 0.312 e. The van der Waals surface area contributed by atoms with E-state index in [-0.39, 0.29) is 10.9 Å². The minimum absolute atomic E-state index is 0.269. The standard InChI is InChI=1S/C16H18ClN3O2S/c17-13-8-18-7-11-3-1-5-15(16(11)13)23(21,22)20-9-12-4-2-6-19-14(12)10-20/h1,3,5,7-8,12,14,19H,2,4,6,9-10H2/t12-,14+/m1/s1. The van der Waals surface area contributed by atoms with E-state index < -0.39 is 10.0 Å². The van der Waals surface area contributed by atoms with Crippen LogP contribution in [0.25, 0.3) is 10.8 Å². The van der Waals surface area contributed by atoms with Crippen molar-refractivity contribution in [2.75, 3.05) is 19.6 Å². The summed E-state index contributed by atoms with van der Waals surface area (Å²) in [6.45, 7) is 2.09. The van der Waals surface area contributed by atoms with Gasteiger partial charge in [-0.2, -0.15) is 4.31 Å². The summed E-state index contributed by atoms with van der Waals surface area (Å²) in [5.74, 6) is 0.408. The van der Waals surface area contributed by atoms with Gasteiger partial charge in [0.15, 0.2) is 0 Å². The second-order valence-electron chi connectivity index (χ2n) is 6.26. The smallest absolute Gasteiger partial charge is 0.243 e. The van der Waals surface area contributed by atoms with Gasteiger partial charge < -0.3 is 5.32 Å². The summed E-state index contributed by atoms with van der Waals surface area (Å²) >= 11 is 6.24. The molecule has 0 spiro atoms. The molecule has 1 aromatic carbocycles. The Kier molecular flexibility index (Phi) is 3.80.